The number of allylic oxidation sites excluding steroid dienone is 3. The summed E-state index contributed by atoms with van der Waals surface area (Å²) in [5.74, 6) is 0.495. The Bertz CT molecular complexity index is 3040. The molecular weight excluding hydrogens is 655 g/mol. The highest BCUT2D eigenvalue weighted by atomic mass is 15.1. The molecule has 0 fully saturated rings. The van der Waals surface area contributed by atoms with Crippen molar-refractivity contribution < 1.29 is 0 Å². The largest absolute Gasteiger partial charge is 0.311 e. The number of hydrogen-bond donors (Lipinski definition) is 0. The summed E-state index contributed by atoms with van der Waals surface area (Å²) in [5.41, 5.74) is 10.7. The van der Waals surface area contributed by atoms with Crippen LogP contribution in [0.3, 0.4) is 0 Å². The number of para-hydroxylation sites is 4. The van der Waals surface area contributed by atoms with E-state index in [1.807, 2.05) is 0 Å². The second-order valence-electron chi connectivity index (χ2n) is 14.7. The van der Waals surface area contributed by atoms with Crippen LogP contribution in [0.1, 0.15) is 13.3 Å². The fraction of sp³-hybridized carbons (Fsp3) is 0.0588. The van der Waals surface area contributed by atoms with Crippen LogP contribution in [0.25, 0.3) is 59.6 Å². The van der Waals surface area contributed by atoms with E-state index < -0.39 is 0 Å². The van der Waals surface area contributed by atoms with Crippen molar-refractivity contribution >= 4 is 88.1 Å². The highest BCUT2D eigenvalue weighted by Crippen LogP contribution is 2.44. The van der Waals surface area contributed by atoms with E-state index in [1.165, 1.54) is 65.3 Å². The molecule has 2 aromatic heterocycles. The zero-order valence-electron chi connectivity index (χ0n) is 30.0. The van der Waals surface area contributed by atoms with Gasteiger partial charge in [-0.3, -0.25) is 0 Å². The Morgan fingerprint density at radius 1 is 0.444 bits per heavy atom. The normalized spacial score (nSPS) is 14.5. The van der Waals surface area contributed by atoms with E-state index in [0.29, 0.717) is 5.92 Å². The lowest BCUT2D eigenvalue weighted by Crippen LogP contribution is -2.17. The predicted molar refractivity (Wildman–Crippen MR) is 230 cm³/mol. The summed E-state index contributed by atoms with van der Waals surface area (Å²) in [6, 6.07) is 62.3. The molecule has 3 nitrogen and oxygen atoms in total. The van der Waals surface area contributed by atoms with Crippen LogP contribution >= 0.6 is 0 Å². The van der Waals surface area contributed by atoms with Crippen LogP contribution in [-0.2, 0) is 0 Å². The molecule has 8 aromatic carbocycles. The van der Waals surface area contributed by atoms with Crippen molar-refractivity contribution in [3.05, 3.63) is 194 Å². The van der Waals surface area contributed by atoms with E-state index in [1.54, 1.807) is 0 Å². The zero-order chi connectivity index (χ0) is 35.8. The zero-order valence-corrected chi connectivity index (χ0v) is 30.0. The SMILES string of the molecule is CC1C=C(N(c2ccccc2)c2ccc3cc4c5cccc6c7cc8ccc(N(c9ccccc9)c9ccccc9)cc8cc7n(c4cc3c2)c56)C=CC1. The Morgan fingerprint density at radius 2 is 0.944 bits per heavy atom. The van der Waals surface area contributed by atoms with Gasteiger partial charge < -0.3 is 14.2 Å². The number of anilines is 5. The van der Waals surface area contributed by atoms with Crippen LogP contribution in [0.15, 0.2) is 194 Å². The molecule has 0 amide bonds. The number of aromatic nitrogens is 1. The summed E-state index contributed by atoms with van der Waals surface area (Å²) in [5, 5.41) is 10.1. The molecule has 0 aliphatic heterocycles. The molecule has 0 spiro atoms. The first-order chi connectivity index (χ1) is 26.7. The van der Waals surface area contributed by atoms with Crippen molar-refractivity contribution in [1.82, 2.24) is 4.40 Å². The van der Waals surface area contributed by atoms with E-state index in [4.69, 9.17) is 0 Å². The van der Waals surface area contributed by atoms with Crippen LogP contribution in [0.4, 0.5) is 28.4 Å². The van der Waals surface area contributed by atoms with Crippen LogP contribution in [0.5, 0.6) is 0 Å². The monoisotopic (exact) mass is 691 g/mol. The van der Waals surface area contributed by atoms with Crippen molar-refractivity contribution in [1.29, 1.82) is 0 Å². The quantitative estimate of drug-likeness (QED) is 0.172. The first kappa shape index (κ1) is 30.8. The molecule has 0 saturated carbocycles. The van der Waals surface area contributed by atoms with Gasteiger partial charge in [-0.1, -0.05) is 104 Å². The molecule has 2 heterocycles. The van der Waals surface area contributed by atoms with Gasteiger partial charge in [-0.05, 0) is 125 Å². The first-order valence-electron chi connectivity index (χ1n) is 18.9. The topological polar surface area (TPSA) is 10.9 Å². The molecule has 0 bridgehead atoms. The summed E-state index contributed by atoms with van der Waals surface area (Å²) in [4.78, 5) is 4.74. The van der Waals surface area contributed by atoms with Gasteiger partial charge in [0.1, 0.15) is 0 Å². The molecule has 54 heavy (non-hydrogen) atoms. The Kier molecular flexibility index (Phi) is 6.90. The molecule has 1 aliphatic rings. The molecule has 11 rings (SSSR count). The minimum Gasteiger partial charge on any atom is -0.311 e. The molecule has 1 aliphatic carbocycles. The molecule has 256 valence electrons. The fourth-order valence-corrected chi connectivity index (χ4v) is 8.81. The number of nitrogens with zero attached hydrogens (tertiary/aromatic N) is 3. The highest BCUT2D eigenvalue weighted by molar-refractivity contribution is 6.26. The number of hydrogen-bond acceptors (Lipinski definition) is 2. The lowest BCUT2D eigenvalue weighted by atomic mass is 9.99. The Balaban J connectivity index is 1.12. The summed E-state index contributed by atoms with van der Waals surface area (Å²) in [7, 11) is 0. The Labute approximate surface area is 314 Å². The van der Waals surface area contributed by atoms with Gasteiger partial charge in [0.25, 0.3) is 0 Å². The van der Waals surface area contributed by atoms with Gasteiger partial charge in [0.05, 0.1) is 16.6 Å². The number of fused-ring (bicyclic) bond motifs is 8. The summed E-state index contributed by atoms with van der Waals surface area (Å²) in [6.07, 6.45) is 8.05. The molecule has 0 saturated heterocycles. The van der Waals surface area contributed by atoms with Gasteiger partial charge in [-0.2, -0.15) is 0 Å². The molecule has 3 heteroatoms. The standard InChI is InChI=1S/C51H37N3/c1-34-13-11-20-42(27-34)53(41-18-9-4-10-19-41)44-26-24-36-31-48-46-22-12-21-45-47-30-35-23-25-43(52(39-14-5-2-6-15-39)40-16-7-3-8-17-40)28-37(35)32-49(47)54(51(45)46)50(48)33-38(36)29-44/h2-12,14-34H,13H2,1H3. The maximum atomic E-state index is 2.52. The van der Waals surface area contributed by atoms with Crippen molar-refractivity contribution in [2.45, 2.75) is 13.3 Å². The van der Waals surface area contributed by atoms with Crippen molar-refractivity contribution in [3.63, 3.8) is 0 Å². The average molecular weight is 692 g/mol. The summed E-state index contributed by atoms with van der Waals surface area (Å²) >= 11 is 0. The van der Waals surface area contributed by atoms with E-state index >= 15 is 0 Å². The molecule has 0 N–H and O–H groups in total. The van der Waals surface area contributed by atoms with Crippen molar-refractivity contribution in [2.75, 3.05) is 9.80 Å². The van der Waals surface area contributed by atoms with E-state index in [0.717, 1.165) is 34.9 Å². The van der Waals surface area contributed by atoms with Crippen LogP contribution in [0.2, 0.25) is 0 Å². The molecule has 10 aromatic rings. The summed E-state index contributed by atoms with van der Waals surface area (Å²) < 4.78 is 2.52. The highest BCUT2D eigenvalue weighted by Gasteiger charge is 2.21. The van der Waals surface area contributed by atoms with Gasteiger partial charge in [0.2, 0.25) is 0 Å². The maximum absolute atomic E-state index is 2.52. The third-order valence-corrected chi connectivity index (χ3v) is 11.3. The molecule has 1 unspecified atom stereocenters. The third kappa shape index (κ3) is 4.82. The van der Waals surface area contributed by atoms with Crippen molar-refractivity contribution in [3.8, 4) is 0 Å². The minimum atomic E-state index is 0.495. The Morgan fingerprint density at radius 3 is 1.46 bits per heavy atom. The van der Waals surface area contributed by atoms with Gasteiger partial charge in [-0.15, -0.1) is 0 Å². The summed E-state index contributed by atoms with van der Waals surface area (Å²) in [6.45, 7) is 2.29. The first-order valence-corrected chi connectivity index (χ1v) is 18.9. The molecule has 0 radical (unpaired) electrons. The van der Waals surface area contributed by atoms with Gasteiger partial charge >= 0.3 is 0 Å². The van der Waals surface area contributed by atoms with Gasteiger partial charge in [0.15, 0.2) is 0 Å². The van der Waals surface area contributed by atoms with Crippen LogP contribution in [0, 0.1) is 5.92 Å². The van der Waals surface area contributed by atoms with Crippen LogP contribution in [-0.4, -0.2) is 4.40 Å². The molecule has 1 atom stereocenters. The molecular formula is C51H37N3. The fourth-order valence-electron chi connectivity index (χ4n) is 8.81. The van der Waals surface area contributed by atoms with E-state index in [2.05, 4.69) is 209 Å². The Hall–Kier alpha value is -6.84. The second kappa shape index (κ2) is 12.1. The van der Waals surface area contributed by atoms with Crippen molar-refractivity contribution in [2.24, 2.45) is 5.92 Å². The smallest absolute Gasteiger partial charge is 0.0620 e. The number of benzene rings is 8. The van der Waals surface area contributed by atoms with Crippen LogP contribution < -0.4 is 9.80 Å². The van der Waals surface area contributed by atoms with Gasteiger partial charge in [-0.25, -0.2) is 0 Å². The maximum Gasteiger partial charge on any atom is 0.0620 e. The average Bonchev–Trinajstić information content (AvgIpc) is 3.72. The van der Waals surface area contributed by atoms with Gasteiger partial charge in [0, 0.05) is 55.7 Å². The van der Waals surface area contributed by atoms with E-state index in [-0.39, 0.29) is 0 Å². The lowest BCUT2D eigenvalue weighted by molar-refractivity contribution is 0.726. The minimum absolute atomic E-state index is 0.495. The third-order valence-electron chi connectivity index (χ3n) is 11.3. The van der Waals surface area contributed by atoms with E-state index in [9.17, 15) is 0 Å². The number of rotatable bonds is 6. The second-order valence-corrected chi connectivity index (χ2v) is 14.7. The lowest BCUT2D eigenvalue weighted by Gasteiger charge is -2.29. The predicted octanol–water partition coefficient (Wildman–Crippen LogP) is 14.2.